The molecule has 0 aliphatic rings. The summed E-state index contributed by atoms with van der Waals surface area (Å²) in [4.78, 5) is 25.6. The van der Waals surface area contributed by atoms with Crippen molar-refractivity contribution in [2.24, 2.45) is 0 Å². The van der Waals surface area contributed by atoms with Gasteiger partial charge in [0, 0.05) is 12.2 Å². The Balaban J connectivity index is 3.05. The molecule has 0 saturated carbocycles. The van der Waals surface area contributed by atoms with E-state index in [0.29, 0.717) is 19.4 Å². The predicted molar refractivity (Wildman–Crippen MR) is 83.7 cm³/mol. The van der Waals surface area contributed by atoms with E-state index in [1.165, 1.54) is 0 Å². The number of rotatable bonds is 6. The number of aryl methyl sites for hydroxylation is 1. The number of urea groups is 1. The van der Waals surface area contributed by atoms with Crippen LogP contribution in [0.1, 0.15) is 39.2 Å². The fourth-order valence-corrected chi connectivity index (χ4v) is 2.34. The molecule has 0 aliphatic heterocycles. The lowest BCUT2D eigenvalue weighted by molar-refractivity contribution is -0.144. The van der Waals surface area contributed by atoms with Crippen molar-refractivity contribution in [2.75, 3.05) is 11.4 Å². The van der Waals surface area contributed by atoms with Gasteiger partial charge in [-0.2, -0.15) is 0 Å². The highest BCUT2D eigenvalue weighted by Crippen LogP contribution is 2.21. The number of nitrogens with zero attached hydrogens (tertiary/aromatic N) is 1. The van der Waals surface area contributed by atoms with Crippen LogP contribution < -0.4 is 10.2 Å². The normalized spacial score (nSPS) is 11.0. The lowest BCUT2D eigenvalue weighted by Gasteiger charge is -2.32. The van der Waals surface area contributed by atoms with Gasteiger partial charge >= 0.3 is 12.0 Å². The number of benzene rings is 1. The first kappa shape index (κ1) is 17.0. The SMILES string of the molecule is CCN(C(=O)NC(CC)(CC)C(=O)O)c1ccccc1C. The number of amides is 2. The van der Waals surface area contributed by atoms with Crippen LogP contribution in [-0.4, -0.2) is 29.2 Å². The highest BCUT2D eigenvalue weighted by molar-refractivity contribution is 5.96. The number of para-hydroxylation sites is 1. The van der Waals surface area contributed by atoms with E-state index in [0.717, 1.165) is 11.3 Å². The van der Waals surface area contributed by atoms with E-state index in [1.54, 1.807) is 18.7 Å². The maximum atomic E-state index is 12.5. The maximum absolute atomic E-state index is 12.5. The average molecular weight is 292 g/mol. The first-order chi connectivity index (χ1) is 9.91. The minimum absolute atomic E-state index is 0.343. The molecule has 1 rings (SSSR count). The molecule has 0 heterocycles. The number of carbonyl (C=O) groups is 2. The van der Waals surface area contributed by atoms with Gasteiger partial charge in [-0.1, -0.05) is 32.0 Å². The van der Waals surface area contributed by atoms with E-state index < -0.39 is 11.5 Å². The van der Waals surface area contributed by atoms with Crippen LogP contribution in [0.2, 0.25) is 0 Å². The molecule has 0 aliphatic carbocycles. The number of aliphatic carboxylic acids is 1. The summed E-state index contributed by atoms with van der Waals surface area (Å²) in [6, 6.07) is 7.18. The highest BCUT2D eigenvalue weighted by Gasteiger charge is 2.37. The Bertz CT molecular complexity index is 510. The van der Waals surface area contributed by atoms with Gasteiger partial charge in [0.2, 0.25) is 0 Å². The number of nitrogens with one attached hydrogen (secondary N) is 1. The fourth-order valence-electron chi connectivity index (χ4n) is 2.34. The van der Waals surface area contributed by atoms with Gasteiger partial charge in [0.1, 0.15) is 5.54 Å². The van der Waals surface area contributed by atoms with Crippen LogP contribution in [-0.2, 0) is 4.79 Å². The number of hydrogen-bond acceptors (Lipinski definition) is 2. The quantitative estimate of drug-likeness (QED) is 0.846. The molecular formula is C16H24N2O3. The molecule has 5 heteroatoms. The standard InChI is InChI=1S/C16H24N2O3/c1-5-16(6-2,14(19)20)17-15(21)18(7-3)13-11-9-8-10-12(13)4/h8-11H,5-7H2,1-4H3,(H,17,21)(H,19,20). The van der Waals surface area contributed by atoms with Crippen LogP contribution >= 0.6 is 0 Å². The molecule has 1 aromatic rings. The van der Waals surface area contributed by atoms with E-state index in [2.05, 4.69) is 5.32 Å². The van der Waals surface area contributed by atoms with Crippen LogP contribution in [0.3, 0.4) is 0 Å². The summed E-state index contributed by atoms with van der Waals surface area (Å²) in [7, 11) is 0. The molecule has 0 bridgehead atoms. The third kappa shape index (κ3) is 3.54. The van der Waals surface area contributed by atoms with Gasteiger partial charge in [-0.3, -0.25) is 4.90 Å². The molecule has 5 nitrogen and oxygen atoms in total. The number of anilines is 1. The van der Waals surface area contributed by atoms with Crippen molar-refractivity contribution in [1.82, 2.24) is 5.32 Å². The van der Waals surface area contributed by atoms with E-state index in [1.807, 2.05) is 38.1 Å². The molecular weight excluding hydrogens is 268 g/mol. The molecule has 0 fully saturated rings. The van der Waals surface area contributed by atoms with Gasteiger partial charge in [-0.05, 0) is 38.3 Å². The monoisotopic (exact) mass is 292 g/mol. The molecule has 0 spiro atoms. The highest BCUT2D eigenvalue weighted by atomic mass is 16.4. The second-order valence-electron chi connectivity index (χ2n) is 5.06. The van der Waals surface area contributed by atoms with Crippen LogP contribution in [0.5, 0.6) is 0 Å². The van der Waals surface area contributed by atoms with E-state index in [9.17, 15) is 14.7 Å². The van der Waals surface area contributed by atoms with Crippen molar-refractivity contribution in [2.45, 2.75) is 46.1 Å². The summed E-state index contributed by atoms with van der Waals surface area (Å²) in [6.45, 7) is 7.80. The van der Waals surface area contributed by atoms with Crippen LogP contribution in [0, 0.1) is 6.92 Å². The Labute approximate surface area is 126 Å². The molecule has 0 atom stereocenters. The van der Waals surface area contributed by atoms with Crippen molar-refractivity contribution in [3.05, 3.63) is 29.8 Å². The smallest absolute Gasteiger partial charge is 0.329 e. The molecule has 116 valence electrons. The number of carbonyl (C=O) groups excluding carboxylic acids is 1. The van der Waals surface area contributed by atoms with E-state index in [4.69, 9.17) is 0 Å². The third-order valence-corrected chi connectivity index (χ3v) is 3.93. The largest absolute Gasteiger partial charge is 0.480 e. The molecule has 0 radical (unpaired) electrons. The molecule has 21 heavy (non-hydrogen) atoms. The Morgan fingerprint density at radius 3 is 2.19 bits per heavy atom. The first-order valence-electron chi connectivity index (χ1n) is 7.30. The summed E-state index contributed by atoms with van der Waals surface area (Å²) < 4.78 is 0. The zero-order valence-electron chi connectivity index (χ0n) is 13.1. The van der Waals surface area contributed by atoms with Crippen molar-refractivity contribution in [3.63, 3.8) is 0 Å². The molecule has 0 saturated heterocycles. The van der Waals surface area contributed by atoms with E-state index in [-0.39, 0.29) is 6.03 Å². The Hall–Kier alpha value is -2.04. The Morgan fingerprint density at radius 1 is 1.19 bits per heavy atom. The van der Waals surface area contributed by atoms with Gasteiger partial charge < -0.3 is 10.4 Å². The minimum atomic E-state index is -1.22. The Kier molecular flexibility index (Phi) is 5.76. The third-order valence-electron chi connectivity index (χ3n) is 3.93. The molecule has 1 aromatic carbocycles. The van der Waals surface area contributed by atoms with Crippen molar-refractivity contribution in [3.8, 4) is 0 Å². The van der Waals surface area contributed by atoms with Gasteiger partial charge in [0.15, 0.2) is 0 Å². The average Bonchev–Trinajstić information content (AvgIpc) is 2.47. The molecule has 2 amide bonds. The van der Waals surface area contributed by atoms with Crippen molar-refractivity contribution in [1.29, 1.82) is 0 Å². The number of carboxylic acids is 1. The Morgan fingerprint density at radius 2 is 1.76 bits per heavy atom. The zero-order valence-corrected chi connectivity index (χ0v) is 13.1. The predicted octanol–water partition coefficient (Wildman–Crippen LogP) is 3.17. The summed E-state index contributed by atoms with van der Waals surface area (Å²) >= 11 is 0. The minimum Gasteiger partial charge on any atom is -0.480 e. The summed E-state index contributed by atoms with van der Waals surface area (Å²) in [6.07, 6.45) is 0.686. The first-order valence-corrected chi connectivity index (χ1v) is 7.30. The number of carboxylic acid groups (broad SMARTS) is 1. The molecule has 0 aromatic heterocycles. The second kappa shape index (κ2) is 7.11. The van der Waals surface area contributed by atoms with Gasteiger partial charge in [-0.15, -0.1) is 0 Å². The van der Waals surface area contributed by atoms with Crippen LogP contribution in [0.25, 0.3) is 0 Å². The summed E-state index contributed by atoms with van der Waals surface area (Å²) in [5.74, 6) is -0.998. The lowest BCUT2D eigenvalue weighted by atomic mass is 9.93. The van der Waals surface area contributed by atoms with Gasteiger partial charge in [0.05, 0.1) is 0 Å². The zero-order chi connectivity index (χ0) is 16.0. The maximum Gasteiger partial charge on any atom is 0.329 e. The summed E-state index contributed by atoms with van der Waals surface area (Å²) in [5.41, 5.74) is 0.556. The lowest BCUT2D eigenvalue weighted by Crippen LogP contribution is -2.57. The van der Waals surface area contributed by atoms with Gasteiger partial charge in [0.25, 0.3) is 0 Å². The van der Waals surface area contributed by atoms with Crippen molar-refractivity contribution < 1.29 is 14.7 Å². The van der Waals surface area contributed by atoms with Crippen LogP contribution in [0.15, 0.2) is 24.3 Å². The van der Waals surface area contributed by atoms with E-state index >= 15 is 0 Å². The number of hydrogen-bond donors (Lipinski definition) is 2. The molecule has 2 N–H and O–H groups in total. The van der Waals surface area contributed by atoms with Crippen molar-refractivity contribution >= 4 is 17.7 Å². The van der Waals surface area contributed by atoms with Gasteiger partial charge in [-0.25, -0.2) is 9.59 Å². The topological polar surface area (TPSA) is 69.6 Å². The van der Waals surface area contributed by atoms with Crippen LogP contribution in [0.4, 0.5) is 10.5 Å². The summed E-state index contributed by atoms with van der Waals surface area (Å²) in [5, 5.41) is 12.1. The fraction of sp³-hybridized carbons (Fsp3) is 0.500. The second-order valence-corrected chi connectivity index (χ2v) is 5.06. The molecule has 0 unspecified atom stereocenters.